The largest absolute Gasteiger partial charge is 0.480 e. The topological polar surface area (TPSA) is 77.7 Å². The summed E-state index contributed by atoms with van der Waals surface area (Å²) in [6.07, 6.45) is 5.71. The summed E-state index contributed by atoms with van der Waals surface area (Å²) < 4.78 is 26.5. The molecule has 2 aliphatic rings. The van der Waals surface area contributed by atoms with Gasteiger partial charge in [0.1, 0.15) is 11.4 Å². The lowest BCUT2D eigenvalue weighted by Gasteiger charge is -2.22. The van der Waals surface area contributed by atoms with E-state index in [-0.39, 0.29) is 11.9 Å². The number of hydrogen-bond donors (Lipinski definition) is 0. The second kappa shape index (κ2) is 5.26. The first-order valence-corrected chi connectivity index (χ1v) is 8.35. The third-order valence-corrected chi connectivity index (χ3v) is 5.12. The number of fused-ring (bicyclic) bond motifs is 2. The van der Waals surface area contributed by atoms with Gasteiger partial charge < -0.3 is 14.4 Å². The first-order valence-electron chi connectivity index (χ1n) is 8.35. The molecule has 1 saturated heterocycles. The van der Waals surface area contributed by atoms with E-state index in [2.05, 4.69) is 20.1 Å². The van der Waals surface area contributed by atoms with E-state index < -0.39 is 5.67 Å². The third kappa shape index (κ3) is 2.19. The van der Waals surface area contributed by atoms with Crippen molar-refractivity contribution in [3.05, 3.63) is 24.7 Å². The van der Waals surface area contributed by atoms with Gasteiger partial charge >= 0.3 is 6.01 Å². The van der Waals surface area contributed by atoms with E-state index >= 15 is 0 Å². The van der Waals surface area contributed by atoms with Gasteiger partial charge in [-0.1, -0.05) is 0 Å². The summed E-state index contributed by atoms with van der Waals surface area (Å²) in [6.45, 7) is 1.08. The van der Waals surface area contributed by atoms with Gasteiger partial charge in [-0.05, 0) is 12.5 Å². The number of methoxy groups -OCH3 is 2. The molecular formula is C17H17FN6O2. The Bertz CT molecular complexity index is 1010. The summed E-state index contributed by atoms with van der Waals surface area (Å²) in [4.78, 5) is 14.8. The monoisotopic (exact) mass is 356 g/mol. The van der Waals surface area contributed by atoms with Gasteiger partial charge in [0, 0.05) is 31.1 Å². The molecular weight excluding hydrogens is 339 g/mol. The molecule has 0 bridgehead atoms. The lowest BCUT2D eigenvalue weighted by atomic mass is 10.2. The molecule has 3 aromatic rings. The highest BCUT2D eigenvalue weighted by Crippen LogP contribution is 2.54. The van der Waals surface area contributed by atoms with Crippen molar-refractivity contribution in [2.75, 3.05) is 32.2 Å². The van der Waals surface area contributed by atoms with Crippen LogP contribution in [0.1, 0.15) is 6.42 Å². The Labute approximate surface area is 148 Å². The van der Waals surface area contributed by atoms with Crippen LogP contribution in [-0.2, 0) is 0 Å². The molecule has 8 nitrogen and oxygen atoms in total. The fraction of sp³-hybridized carbons (Fsp3) is 0.412. The molecule has 1 aliphatic heterocycles. The number of hydrogen-bond acceptors (Lipinski definition) is 7. The van der Waals surface area contributed by atoms with Gasteiger partial charge in [0.2, 0.25) is 5.88 Å². The summed E-state index contributed by atoms with van der Waals surface area (Å²) in [5.74, 6) is 0.481. The number of rotatable bonds is 4. The summed E-state index contributed by atoms with van der Waals surface area (Å²) in [6, 6.07) is 2.11. The summed E-state index contributed by atoms with van der Waals surface area (Å²) in [5, 5.41) is 4.58. The van der Waals surface area contributed by atoms with Crippen LogP contribution in [0.25, 0.3) is 16.9 Å². The van der Waals surface area contributed by atoms with Crippen LogP contribution in [0.4, 0.5) is 10.1 Å². The molecule has 0 radical (unpaired) electrons. The second-order valence-corrected chi connectivity index (χ2v) is 6.71. The fourth-order valence-corrected chi connectivity index (χ4v) is 3.65. The van der Waals surface area contributed by atoms with Gasteiger partial charge in [-0.15, -0.1) is 0 Å². The Kier molecular flexibility index (Phi) is 3.10. The average molecular weight is 356 g/mol. The highest BCUT2D eigenvalue weighted by atomic mass is 19.1. The van der Waals surface area contributed by atoms with E-state index in [1.54, 1.807) is 23.1 Å². The number of imidazole rings is 1. The number of nitrogens with zero attached hydrogens (tertiary/aromatic N) is 6. The number of alkyl halides is 1. The number of ether oxygens (including phenoxy) is 2. The normalized spacial score (nSPS) is 24.0. The highest BCUT2D eigenvalue weighted by molar-refractivity contribution is 5.76. The maximum atomic E-state index is 14.4. The standard InChI is InChI=1S/C17H17FN6O2/c1-25-15-11(7-20-16(21-15)26-2)12-5-13(14-19-3-4-24(14)22-12)23-8-10-6-17(10,18)9-23/h3-5,7,10H,6,8-9H2,1-2H3. The van der Waals surface area contributed by atoms with Crippen molar-refractivity contribution in [3.63, 3.8) is 0 Å². The van der Waals surface area contributed by atoms with Gasteiger partial charge in [0.05, 0.1) is 32.0 Å². The number of piperidine rings is 1. The minimum Gasteiger partial charge on any atom is -0.480 e. The fourth-order valence-electron chi connectivity index (χ4n) is 3.65. The van der Waals surface area contributed by atoms with Crippen molar-refractivity contribution in [1.82, 2.24) is 24.6 Å². The van der Waals surface area contributed by atoms with Crippen LogP contribution in [0.5, 0.6) is 11.9 Å². The molecule has 134 valence electrons. The molecule has 1 aliphatic carbocycles. The Morgan fingerprint density at radius 2 is 2.15 bits per heavy atom. The van der Waals surface area contributed by atoms with Gasteiger partial charge in [0.15, 0.2) is 5.65 Å². The minimum atomic E-state index is -1.05. The lowest BCUT2D eigenvalue weighted by Crippen LogP contribution is -2.26. The average Bonchev–Trinajstić information content (AvgIpc) is 3.01. The first-order chi connectivity index (χ1) is 12.6. The molecule has 1 saturated carbocycles. The van der Waals surface area contributed by atoms with E-state index in [1.165, 1.54) is 14.2 Å². The lowest BCUT2D eigenvalue weighted by molar-refractivity contribution is 0.319. The van der Waals surface area contributed by atoms with Crippen LogP contribution in [0.2, 0.25) is 0 Å². The van der Waals surface area contributed by atoms with E-state index in [9.17, 15) is 4.39 Å². The zero-order valence-corrected chi connectivity index (χ0v) is 14.4. The molecule has 2 fully saturated rings. The van der Waals surface area contributed by atoms with Crippen molar-refractivity contribution >= 4 is 11.3 Å². The third-order valence-electron chi connectivity index (χ3n) is 5.12. The molecule has 3 aromatic heterocycles. The van der Waals surface area contributed by atoms with Crippen LogP contribution < -0.4 is 14.4 Å². The molecule has 2 atom stereocenters. The van der Waals surface area contributed by atoms with Crippen LogP contribution >= 0.6 is 0 Å². The van der Waals surface area contributed by atoms with Crippen LogP contribution in [-0.4, -0.2) is 57.5 Å². The molecule has 0 aromatic carbocycles. The summed E-state index contributed by atoms with van der Waals surface area (Å²) in [7, 11) is 3.02. The zero-order chi connectivity index (χ0) is 17.9. The first kappa shape index (κ1) is 15.3. The van der Waals surface area contributed by atoms with E-state index in [0.29, 0.717) is 42.3 Å². The molecule has 0 N–H and O–H groups in total. The van der Waals surface area contributed by atoms with E-state index in [4.69, 9.17) is 9.47 Å². The maximum Gasteiger partial charge on any atom is 0.319 e. The van der Waals surface area contributed by atoms with Crippen LogP contribution in [0.3, 0.4) is 0 Å². The Morgan fingerprint density at radius 3 is 2.88 bits per heavy atom. The van der Waals surface area contributed by atoms with Gasteiger partial charge in [0.25, 0.3) is 0 Å². The Balaban J connectivity index is 1.63. The van der Waals surface area contributed by atoms with Gasteiger partial charge in [-0.2, -0.15) is 10.1 Å². The predicted molar refractivity (Wildman–Crippen MR) is 91.3 cm³/mol. The van der Waals surface area contributed by atoms with Gasteiger partial charge in [-0.25, -0.2) is 18.9 Å². The van der Waals surface area contributed by atoms with Crippen molar-refractivity contribution in [2.24, 2.45) is 5.92 Å². The van der Waals surface area contributed by atoms with Crippen molar-refractivity contribution in [2.45, 2.75) is 12.1 Å². The zero-order valence-electron chi connectivity index (χ0n) is 14.4. The van der Waals surface area contributed by atoms with E-state index in [1.807, 2.05) is 11.0 Å². The van der Waals surface area contributed by atoms with Crippen LogP contribution in [0, 0.1) is 5.92 Å². The quantitative estimate of drug-likeness (QED) is 0.705. The van der Waals surface area contributed by atoms with E-state index in [0.717, 1.165) is 5.69 Å². The molecule has 4 heterocycles. The van der Waals surface area contributed by atoms with Crippen molar-refractivity contribution in [1.29, 1.82) is 0 Å². The smallest absolute Gasteiger partial charge is 0.319 e. The van der Waals surface area contributed by atoms with Gasteiger partial charge in [-0.3, -0.25) is 0 Å². The predicted octanol–water partition coefficient (Wildman–Crippen LogP) is 1.75. The highest BCUT2D eigenvalue weighted by Gasteiger charge is 2.61. The summed E-state index contributed by atoms with van der Waals surface area (Å²) in [5.41, 5.74) is 1.76. The summed E-state index contributed by atoms with van der Waals surface area (Å²) >= 11 is 0. The second-order valence-electron chi connectivity index (χ2n) is 6.71. The number of anilines is 1. The number of aromatic nitrogens is 5. The van der Waals surface area contributed by atoms with Crippen molar-refractivity contribution in [3.8, 4) is 23.1 Å². The molecule has 0 spiro atoms. The van der Waals surface area contributed by atoms with Crippen molar-refractivity contribution < 1.29 is 13.9 Å². The molecule has 5 rings (SSSR count). The molecule has 26 heavy (non-hydrogen) atoms. The number of halogens is 1. The Hall–Kier alpha value is -2.97. The molecule has 0 amide bonds. The van der Waals surface area contributed by atoms with Crippen LogP contribution in [0.15, 0.2) is 24.7 Å². The SMILES string of the molecule is COc1ncc(-c2cc(N3CC4CC4(F)C3)c3nccn3n2)c(OC)n1. The Morgan fingerprint density at radius 1 is 1.27 bits per heavy atom. The molecule has 9 heteroatoms. The maximum absolute atomic E-state index is 14.4. The molecule has 2 unspecified atom stereocenters. The minimum absolute atomic E-state index is 0.119.